The molecule has 1 N–H and O–H groups in total. The van der Waals surface area contributed by atoms with Gasteiger partial charge in [-0.25, -0.2) is 0 Å². The van der Waals surface area contributed by atoms with E-state index in [1.807, 2.05) is 6.07 Å². The van der Waals surface area contributed by atoms with E-state index < -0.39 is 0 Å². The minimum atomic E-state index is 0.585. The van der Waals surface area contributed by atoms with Gasteiger partial charge in [-0.1, -0.05) is 0 Å². The average molecular weight is 189 g/mol. The molecule has 0 bridgehead atoms. The van der Waals surface area contributed by atoms with E-state index in [1.54, 1.807) is 6.20 Å². The summed E-state index contributed by atoms with van der Waals surface area (Å²) in [7, 11) is 0. The van der Waals surface area contributed by atoms with Crippen LogP contribution in [-0.2, 0) is 0 Å². The fourth-order valence-electron chi connectivity index (χ4n) is 2.74. The summed E-state index contributed by atoms with van der Waals surface area (Å²) in [5, 5.41) is 11.6. The van der Waals surface area contributed by atoms with E-state index in [1.165, 1.54) is 38.0 Å². The molecule has 74 valence electrons. The van der Waals surface area contributed by atoms with Crippen LogP contribution in [0.5, 0.6) is 0 Å². The number of piperidine rings is 1. The summed E-state index contributed by atoms with van der Waals surface area (Å²) in [6, 6.07) is 4.11. The van der Waals surface area contributed by atoms with Crippen molar-refractivity contribution in [1.29, 1.82) is 0 Å². The predicted molar refractivity (Wildman–Crippen MR) is 53.9 cm³/mol. The Bertz CT molecular complexity index is 317. The first-order valence-corrected chi connectivity index (χ1v) is 5.39. The molecule has 1 saturated carbocycles. The van der Waals surface area contributed by atoms with Crippen molar-refractivity contribution in [1.82, 2.24) is 15.5 Å². The van der Waals surface area contributed by atoms with Crippen LogP contribution in [0.25, 0.3) is 0 Å². The standard InChI is InChI=1S/C11H15N3/c1-2-10(14-13-5-1)9-8-11(9)3-6-12-7-4-11/h1-2,5,9,12H,3-4,6-8H2. The van der Waals surface area contributed by atoms with Gasteiger partial charge in [-0.15, -0.1) is 0 Å². The molecule has 0 radical (unpaired) electrons. The van der Waals surface area contributed by atoms with Gasteiger partial charge in [0.15, 0.2) is 0 Å². The van der Waals surface area contributed by atoms with Crippen molar-refractivity contribution in [3.05, 3.63) is 24.0 Å². The number of hydrogen-bond donors (Lipinski definition) is 1. The minimum Gasteiger partial charge on any atom is -0.317 e. The van der Waals surface area contributed by atoms with Gasteiger partial charge in [-0.05, 0) is 49.9 Å². The quantitative estimate of drug-likeness (QED) is 0.724. The van der Waals surface area contributed by atoms with Crippen LogP contribution in [0.2, 0.25) is 0 Å². The van der Waals surface area contributed by atoms with Crippen molar-refractivity contribution in [3.8, 4) is 0 Å². The van der Waals surface area contributed by atoms with Gasteiger partial charge in [-0.2, -0.15) is 10.2 Å². The molecular weight excluding hydrogens is 174 g/mol. The van der Waals surface area contributed by atoms with Crippen molar-refractivity contribution < 1.29 is 0 Å². The van der Waals surface area contributed by atoms with Crippen molar-refractivity contribution >= 4 is 0 Å². The molecule has 1 saturated heterocycles. The molecule has 1 aliphatic heterocycles. The zero-order valence-electron chi connectivity index (χ0n) is 8.24. The zero-order valence-corrected chi connectivity index (χ0v) is 8.24. The van der Waals surface area contributed by atoms with Gasteiger partial charge in [-0.3, -0.25) is 0 Å². The molecule has 1 atom stereocenters. The first-order valence-electron chi connectivity index (χ1n) is 5.39. The van der Waals surface area contributed by atoms with Crippen molar-refractivity contribution in [2.45, 2.75) is 25.2 Å². The van der Waals surface area contributed by atoms with Gasteiger partial charge < -0.3 is 5.32 Å². The van der Waals surface area contributed by atoms with Gasteiger partial charge >= 0.3 is 0 Å². The van der Waals surface area contributed by atoms with Crippen LogP contribution >= 0.6 is 0 Å². The third kappa shape index (κ3) is 1.23. The monoisotopic (exact) mass is 189 g/mol. The van der Waals surface area contributed by atoms with E-state index in [-0.39, 0.29) is 0 Å². The minimum absolute atomic E-state index is 0.585. The largest absolute Gasteiger partial charge is 0.317 e. The smallest absolute Gasteiger partial charge is 0.0667 e. The topological polar surface area (TPSA) is 37.8 Å². The lowest BCUT2D eigenvalue weighted by Crippen LogP contribution is -2.29. The van der Waals surface area contributed by atoms with E-state index in [4.69, 9.17) is 0 Å². The molecule has 1 spiro atoms. The number of aromatic nitrogens is 2. The highest BCUT2D eigenvalue weighted by Gasteiger charge is 2.55. The van der Waals surface area contributed by atoms with E-state index in [0.717, 1.165) is 0 Å². The Morgan fingerprint density at radius 1 is 1.36 bits per heavy atom. The molecule has 0 amide bonds. The van der Waals surface area contributed by atoms with Gasteiger partial charge in [0.2, 0.25) is 0 Å². The Morgan fingerprint density at radius 2 is 2.21 bits per heavy atom. The maximum atomic E-state index is 4.22. The van der Waals surface area contributed by atoms with Gasteiger partial charge in [0, 0.05) is 12.1 Å². The first kappa shape index (κ1) is 8.36. The summed E-state index contributed by atoms with van der Waals surface area (Å²) < 4.78 is 0. The van der Waals surface area contributed by atoms with Gasteiger partial charge in [0.25, 0.3) is 0 Å². The highest BCUT2D eigenvalue weighted by molar-refractivity contribution is 5.23. The average Bonchev–Trinajstić information content (AvgIpc) is 2.95. The summed E-state index contributed by atoms with van der Waals surface area (Å²) in [6.07, 6.45) is 5.71. The van der Waals surface area contributed by atoms with Gasteiger partial charge in [0.1, 0.15) is 0 Å². The van der Waals surface area contributed by atoms with Crippen LogP contribution in [0.4, 0.5) is 0 Å². The molecule has 2 aliphatic rings. The fraction of sp³-hybridized carbons (Fsp3) is 0.636. The summed E-state index contributed by atoms with van der Waals surface area (Å²) in [5.41, 5.74) is 1.79. The molecule has 1 aromatic rings. The number of rotatable bonds is 1. The Hall–Kier alpha value is -0.960. The second-order valence-electron chi connectivity index (χ2n) is 4.52. The van der Waals surface area contributed by atoms with Crippen molar-refractivity contribution in [2.75, 3.05) is 13.1 Å². The van der Waals surface area contributed by atoms with Crippen LogP contribution in [0, 0.1) is 5.41 Å². The predicted octanol–water partition coefficient (Wildman–Crippen LogP) is 1.33. The molecular formula is C11H15N3. The number of hydrogen-bond acceptors (Lipinski definition) is 3. The summed E-state index contributed by atoms with van der Waals surface area (Å²) in [6.45, 7) is 2.35. The maximum Gasteiger partial charge on any atom is 0.0667 e. The molecule has 3 heteroatoms. The van der Waals surface area contributed by atoms with Crippen molar-refractivity contribution in [3.63, 3.8) is 0 Å². The summed E-state index contributed by atoms with van der Waals surface area (Å²) in [4.78, 5) is 0. The molecule has 1 unspecified atom stereocenters. The fourth-order valence-corrected chi connectivity index (χ4v) is 2.74. The number of nitrogens with zero attached hydrogens (tertiary/aromatic N) is 2. The van der Waals surface area contributed by atoms with Crippen LogP contribution in [0.1, 0.15) is 30.9 Å². The summed E-state index contributed by atoms with van der Waals surface area (Å²) in [5.74, 6) is 0.693. The second-order valence-corrected chi connectivity index (χ2v) is 4.52. The SMILES string of the molecule is c1cnnc(C2CC23CCNCC3)c1. The molecule has 0 aromatic carbocycles. The Labute approximate surface area is 83.9 Å². The number of nitrogens with one attached hydrogen (secondary N) is 1. The molecule has 2 fully saturated rings. The van der Waals surface area contributed by atoms with E-state index in [0.29, 0.717) is 11.3 Å². The van der Waals surface area contributed by atoms with Crippen molar-refractivity contribution in [2.24, 2.45) is 5.41 Å². The van der Waals surface area contributed by atoms with Crippen LogP contribution in [-0.4, -0.2) is 23.3 Å². The Kier molecular flexibility index (Phi) is 1.80. The van der Waals surface area contributed by atoms with Crippen LogP contribution < -0.4 is 5.32 Å². The first-order chi connectivity index (χ1) is 6.91. The third-order valence-electron chi connectivity index (χ3n) is 3.74. The summed E-state index contributed by atoms with van der Waals surface area (Å²) >= 11 is 0. The highest BCUT2D eigenvalue weighted by Crippen LogP contribution is 2.63. The van der Waals surface area contributed by atoms with E-state index in [9.17, 15) is 0 Å². The third-order valence-corrected chi connectivity index (χ3v) is 3.74. The molecule has 2 heterocycles. The lowest BCUT2D eigenvalue weighted by molar-refractivity contribution is 0.341. The molecule has 1 aliphatic carbocycles. The molecule has 3 nitrogen and oxygen atoms in total. The lowest BCUT2D eigenvalue weighted by Gasteiger charge is -2.23. The van der Waals surface area contributed by atoms with Crippen LogP contribution in [0.15, 0.2) is 18.3 Å². The normalized spacial score (nSPS) is 29.0. The van der Waals surface area contributed by atoms with E-state index in [2.05, 4.69) is 21.6 Å². The van der Waals surface area contributed by atoms with E-state index >= 15 is 0 Å². The molecule has 1 aromatic heterocycles. The molecule has 3 rings (SSSR count). The Morgan fingerprint density at radius 3 is 2.93 bits per heavy atom. The van der Waals surface area contributed by atoms with Gasteiger partial charge in [0.05, 0.1) is 5.69 Å². The Balaban J connectivity index is 1.78. The second kappa shape index (κ2) is 3.02. The highest BCUT2D eigenvalue weighted by atomic mass is 15.1. The van der Waals surface area contributed by atoms with Crippen LogP contribution in [0.3, 0.4) is 0 Å². The maximum absolute atomic E-state index is 4.22. The lowest BCUT2D eigenvalue weighted by atomic mass is 9.91. The zero-order chi connectivity index (χ0) is 9.43. The molecule has 14 heavy (non-hydrogen) atoms.